The molecule has 0 aromatic carbocycles. The van der Waals surface area contributed by atoms with Gasteiger partial charge < -0.3 is 4.90 Å². The fourth-order valence-electron chi connectivity index (χ4n) is 2.81. The third-order valence-corrected chi connectivity index (χ3v) is 4.00. The lowest BCUT2D eigenvalue weighted by Gasteiger charge is -2.32. The van der Waals surface area contributed by atoms with Gasteiger partial charge in [-0.05, 0) is 19.9 Å². The molecule has 0 bridgehead atoms. The molecule has 1 amide bonds. The van der Waals surface area contributed by atoms with Crippen LogP contribution >= 0.6 is 0 Å². The van der Waals surface area contributed by atoms with Crippen molar-refractivity contribution in [2.45, 2.75) is 44.7 Å². The molecule has 112 valence electrons. The van der Waals surface area contributed by atoms with Crippen LogP contribution in [0.5, 0.6) is 0 Å². The van der Waals surface area contributed by atoms with Crippen molar-refractivity contribution in [2.24, 2.45) is 7.05 Å². The van der Waals surface area contributed by atoms with Gasteiger partial charge in [0.2, 0.25) is 5.91 Å². The molecule has 0 radical (unpaired) electrons. The van der Waals surface area contributed by atoms with Crippen molar-refractivity contribution in [3.05, 3.63) is 11.9 Å². The lowest BCUT2D eigenvalue weighted by atomic mass is 9.94. The minimum absolute atomic E-state index is 0.197. The van der Waals surface area contributed by atoms with Crippen LogP contribution < -0.4 is 0 Å². The van der Waals surface area contributed by atoms with E-state index in [4.69, 9.17) is 0 Å². The van der Waals surface area contributed by atoms with Crippen LogP contribution in [0.2, 0.25) is 0 Å². The highest BCUT2D eigenvalue weighted by Crippen LogP contribution is 2.21. The lowest BCUT2D eigenvalue weighted by molar-refractivity contribution is -0.133. The van der Waals surface area contributed by atoms with Crippen LogP contribution in [0.15, 0.2) is 6.20 Å². The number of hydrogen-bond acceptors (Lipinski definition) is 4. The maximum atomic E-state index is 12.3. The SMILES string of the molecule is CN(CC(=O)N(C)C1CCCCC1)Cc1cn(C)nn1. The molecular formula is C14H25N5O. The zero-order valence-corrected chi connectivity index (χ0v) is 12.7. The van der Waals surface area contributed by atoms with Crippen LogP contribution in [-0.2, 0) is 18.4 Å². The van der Waals surface area contributed by atoms with E-state index in [9.17, 15) is 4.79 Å². The largest absolute Gasteiger partial charge is 0.342 e. The van der Waals surface area contributed by atoms with Crippen LogP contribution in [0.3, 0.4) is 0 Å². The molecule has 1 aromatic rings. The summed E-state index contributed by atoms with van der Waals surface area (Å²) < 4.78 is 1.68. The minimum Gasteiger partial charge on any atom is -0.342 e. The molecule has 1 aliphatic rings. The van der Waals surface area contributed by atoms with Gasteiger partial charge in [-0.3, -0.25) is 14.4 Å². The zero-order valence-electron chi connectivity index (χ0n) is 12.7. The molecule has 0 spiro atoms. The Hall–Kier alpha value is -1.43. The smallest absolute Gasteiger partial charge is 0.236 e. The van der Waals surface area contributed by atoms with E-state index in [2.05, 4.69) is 10.3 Å². The van der Waals surface area contributed by atoms with Gasteiger partial charge >= 0.3 is 0 Å². The van der Waals surface area contributed by atoms with Gasteiger partial charge in [0.25, 0.3) is 0 Å². The topological polar surface area (TPSA) is 54.3 Å². The van der Waals surface area contributed by atoms with Gasteiger partial charge in [0.05, 0.1) is 12.2 Å². The van der Waals surface area contributed by atoms with Crippen LogP contribution in [0.25, 0.3) is 0 Å². The van der Waals surface area contributed by atoms with Crippen LogP contribution in [0, 0.1) is 0 Å². The number of nitrogens with zero attached hydrogens (tertiary/aromatic N) is 5. The molecule has 0 aliphatic heterocycles. The maximum Gasteiger partial charge on any atom is 0.236 e. The average molecular weight is 279 g/mol. The number of amides is 1. The van der Waals surface area contributed by atoms with Crippen molar-refractivity contribution >= 4 is 5.91 Å². The Kier molecular flexibility index (Phi) is 5.11. The maximum absolute atomic E-state index is 12.3. The second-order valence-corrected chi connectivity index (χ2v) is 5.85. The molecular weight excluding hydrogens is 254 g/mol. The van der Waals surface area contributed by atoms with Gasteiger partial charge in [0.15, 0.2) is 0 Å². The Morgan fingerprint density at radius 1 is 1.35 bits per heavy atom. The summed E-state index contributed by atoms with van der Waals surface area (Å²) in [4.78, 5) is 16.2. The number of rotatable bonds is 5. The molecule has 6 nitrogen and oxygen atoms in total. The summed E-state index contributed by atoms with van der Waals surface area (Å²) in [5.41, 5.74) is 0.892. The van der Waals surface area contributed by atoms with Crippen LogP contribution in [0.4, 0.5) is 0 Å². The molecule has 0 atom stereocenters. The van der Waals surface area contributed by atoms with Gasteiger partial charge in [-0.15, -0.1) is 5.10 Å². The molecule has 20 heavy (non-hydrogen) atoms. The molecule has 2 rings (SSSR count). The van der Waals surface area contributed by atoms with E-state index in [1.54, 1.807) is 4.68 Å². The highest BCUT2D eigenvalue weighted by Gasteiger charge is 2.22. The van der Waals surface area contributed by atoms with Crippen molar-refractivity contribution < 1.29 is 4.79 Å². The quantitative estimate of drug-likeness (QED) is 0.808. The minimum atomic E-state index is 0.197. The second kappa shape index (κ2) is 6.83. The van der Waals surface area contributed by atoms with Crippen molar-refractivity contribution in [2.75, 3.05) is 20.6 Å². The van der Waals surface area contributed by atoms with Crippen LogP contribution in [-0.4, -0.2) is 57.4 Å². The Labute approximate surface area is 120 Å². The second-order valence-electron chi connectivity index (χ2n) is 5.85. The molecule has 1 heterocycles. The van der Waals surface area contributed by atoms with Crippen molar-refractivity contribution in [1.29, 1.82) is 0 Å². The summed E-state index contributed by atoms with van der Waals surface area (Å²) in [5, 5.41) is 7.95. The van der Waals surface area contributed by atoms with E-state index in [0.29, 0.717) is 19.1 Å². The number of aromatic nitrogens is 3. The number of aryl methyl sites for hydroxylation is 1. The third kappa shape index (κ3) is 4.03. The van der Waals surface area contributed by atoms with E-state index < -0.39 is 0 Å². The first-order valence-corrected chi connectivity index (χ1v) is 7.35. The molecule has 0 saturated heterocycles. The standard InChI is InChI=1S/C14H25N5O/c1-17(9-12-10-18(2)16-15-12)11-14(20)19(3)13-7-5-4-6-8-13/h10,13H,4-9,11H2,1-3H3. The van der Waals surface area contributed by atoms with E-state index in [1.165, 1.54) is 19.3 Å². The van der Waals surface area contributed by atoms with Gasteiger partial charge in [-0.1, -0.05) is 24.5 Å². The number of carbonyl (C=O) groups excluding carboxylic acids is 1. The summed E-state index contributed by atoms with van der Waals surface area (Å²) in [6.45, 7) is 1.08. The Balaban J connectivity index is 1.80. The third-order valence-electron chi connectivity index (χ3n) is 4.00. The first-order valence-electron chi connectivity index (χ1n) is 7.35. The molecule has 6 heteroatoms. The van der Waals surface area contributed by atoms with E-state index >= 15 is 0 Å². The van der Waals surface area contributed by atoms with Gasteiger partial charge in [-0.2, -0.15) is 0 Å². The first kappa shape index (κ1) is 15.0. The highest BCUT2D eigenvalue weighted by molar-refractivity contribution is 5.78. The van der Waals surface area contributed by atoms with Crippen molar-refractivity contribution in [3.8, 4) is 0 Å². The average Bonchev–Trinajstić information content (AvgIpc) is 2.84. The molecule has 0 unspecified atom stereocenters. The lowest BCUT2D eigenvalue weighted by Crippen LogP contribution is -2.43. The van der Waals surface area contributed by atoms with Crippen LogP contribution in [0.1, 0.15) is 37.8 Å². The number of carbonyl (C=O) groups is 1. The van der Waals surface area contributed by atoms with E-state index in [0.717, 1.165) is 18.5 Å². The normalized spacial score (nSPS) is 16.6. The van der Waals surface area contributed by atoms with Crippen molar-refractivity contribution in [3.63, 3.8) is 0 Å². The summed E-state index contributed by atoms with van der Waals surface area (Å²) >= 11 is 0. The Morgan fingerprint density at radius 3 is 2.65 bits per heavy atom. The van der Waals surface area contributed by atoms with Gasteiger partial charge in [-0.25, -0.2) is 0 Å². The summed E-state index contributed by atoms with van der Waals surface area (Å²) in [6, 6.07) is 0.432. The number of likely N-dealkylation sites (N-methyl/N-ethyl adjacent to an activating group) is 2. The predicted molar refractivity (Wildman–Crippen MR) is 77.0 cm³/mol. The molecule has 1 aromatic heterocycles. The number of hydrogen-bond donors (Lipinski definition) is 0. The molecule has 1 fully saturated rings. The Bertz CT molecular complexity index is 439. The first-order chi connectivity index (χ1) is 9.56. The monoisotopic (exact) mass is 279 g/mol. The summed E-state index contributed by atoms with van der Waals surface area (Å²) in [7, 11) is 5.73. The van der Waals surface area contributed by atoms with E-state index in [-0.39, 0.29) is 5.91 Å². The van der Waals surface area contributed by atoms with Gasteiger partial charge in [0, 0.05) is 32.9 Å². The van der Waals surface area contributed by atoms with Gasteiger partial charge in [0.1, 0.15) is 0 Å². The highest BCUT2D eigenvalue weighted by atomic mass is 16.2. The molecule has 0 N–H and O–H groups in total. The predicted octanol–water partition coefficient (Wildman–Crippen LogP) is 1.04. The van der Waals surface area contributed by atoms with E-state index in [1.807, 2.05) is 37.1 Å². The fraction of sp³-hybridized carbons (Fsp3) is 0.786. The summed E-state index contributed by atoms with van der Waals surface area (Å²) in [5.74, 6) is 0.197. The molecule has 1 aliphatic carbocycles. The Morgan fingerprint density at radius 2 is 2.05 bits per heavy atom. The van der Waals surface area contributed by atoms with Crippen molar-refractivity contribution in [1.82, 2.24) is 24.8 Å². The molecule has 1 saturated carbocycles. The summed E-state index contributed by atoms with van der Waals surface area (Å²) in [6.07, 6.45) is 7.98. The zero-order chi connectivity index (χ0) is 14.5. The fourth-order valence-corrected chi connectivity index (χ4v) is 2.81.